The van der Waals surface area contributed by atoms with Crippen molar-refractivity contribution in [3.8, 4) is 17.6 Å². The number of ether oxygens (including phenoxy) is 1. The molecule has 4 nitrogen and oxygen atoms in total. The van der Waals surface area contributed by atoms with Crippen molar-refractivity contribution < 1.29 is 4.74 Å². The van der Waals surface area contributed by atoms with E-state index in [0.717, 1.165) is 33.0 Å². The first kappa shape index (κ1) is 15.4. The van der Waals surface area contributed by atoms with E-state index >= 15 is 0 Å². The highest BCUT2D eigenvalue weighted by Crippen LogP contribution is 2.26. The molecule has 1 aromatic carbocycles. The van der Waals surface area contributed by atoms with Gasteiger partial charge in [0.1, 0.15) is 18.6 Å². The van der Waals surface area contributed by atoms with Crippen molar-refractivity contribution in [1.82, 2.24) is 4.98 Å². The van der Waals surface area contributed by atoms with Crippen LogP contribution in [0.25, 0.3) is 16.3 Å². The Hall–Kier alpha value is -2.52. The molecule has 0 saturated heterocycles. The van der Waals surface area contributed by atoms with E-state index in [0.29, 0.717) is 17.9 Å². The van der Waals surface area contributed by atoms with Crippen molar-refractivity contribution in [3.63, 3.8) is 0 Å². The molecule has 2 heterocycles. The Morgan fingerprint density at radius 3 is 3.04 bits per heavy atom. The van der Waals surface area contributed by atoms with Gasteiger partial charge in [-0.15, -0.1) is 11.3 Å². The fourth-order valence-electron chi connectivity index (χ4n) is 2.15. The maximum absolute atomic E-state index is 5.80. The summed E-state index contributed by atoms with van der Waals surface area (Å²) in [5.41, 5.74) is 7.83. The van der Waals surface area contributed by atoms with Gasteiger partial charge in [0, 0.05) is 17.6 Å². The van der Waals surface area contributed by atoms with Crippen LogP contribution >= 0.6 is 11.3 Å². The summed E-state index contributed by atoms with van der Waals surface area (Å²) in [5, 5.41) is 0.899. The normalized spacial score (nSPS) is 14.7. The number of allylic oxidation sites excluding steroid dienone is 2. The summed E-state index contributed by atoms with van der Waals surface area (Å²) in [6.45, 7) is 0. The van der Waals surface area contributed by atoms with E-state index in [1.54, 1.807) is 24.5 Å². The number of benzene rings is 1. The summed E-state index contributed by atoms with van der Waals surface area (Å²) in [6.07, 6.45) is 5.11. The lowest BCUT2D eigenvalue weighted by Crippen LogP contribution is -2.15. The van der Waals surface area contributed by atoms with E-state index in [9.17, 15) is 0 Å². The summed E-state index contributed by atoms with van der Waals surface area (Å²) < 4.78 is 6.30. The van der Waals surface area contributed by atoms with Crippen molar-refractivity contribution in [2.24, 2.45) is 10.7 Å². The van der Waals surface area contributed by atoms with Gasteiger partial charge in [0.2, 0.25) is 0 Å². The molecule has 23 heavy (non-hydrogen) atoms. The van der Waals surface area contributed by atoms with Crippen molar-refractivity contribution >= 4 is 41.3 Å². The van der Waals surface area contributed by atoms with Crippen LogP contribution in [0.3, 0.4) is 0 Å². The monoisotopic (exact) mass is 319 g/mol. The number of rotatable bonds is 2. The molecule has 1 aliphatic rings. The third kappa shape index (κ3) is 3.63. The number of aromatic nitrogens is 1. The molecule has 2 N–H and O–H groups in total. The molecule has 112 valence electrons. The Bertz CT molecular complexity index is 899. The van der Waals surface area contributed by atoms with Crippen LogP contribution in [0, 0.1) is 11.8 Å². The summed E-state index contributed by atoms with van der Waals surface area (Å²) in [6, 6.07) is 5.83. The Labute approximate surface area is 140 Å². The number of fused-ring (bicyclic) bond motifs is 1. The number of methoxy groups -OCH3 is 1. The minimum absolute atomic E-state index is 0.418. The summed E-state index contributed by atoms with van der Waals surface area (Å²) in [4.78, 5) is 8.58. The number of aliphatic imine (C=N–C) groups is 1. The summed E-state index contributed by atoms with van der Waals surface area (Å²) in [5.74, 6) is 7.40. The van der Waals surface area contributed by atoms with Gasteiger partial charge in [-0.05, 0) is 36.8 Å². The minimum Gasteiger partial charge on any atom is -0.497 e. The van der Waals surface area contributed by atoms with Crippen molar-refractivity contribution in [1.29, 1.82) is 0 Å². The van der Waals surface area contributed by atoms with Gasteiger partial charge in [0.05, 0.1) is 23.2 Å². The molecule has 0 unspecified atom stereocenters. The number of hydrogen-bond donors (Lipinski definition) is 1. The Kier molecular flexibility index (Phi) is 4.49. The predicted molar refractivity (Wildman–Crippen MR) is 96.6 cm³/mol. The highest BCUT2D eigenvalue weighted by molar-refractivity contribution is 7.19. The Morgan fingerprint density at radius 1 is 1.39 bits per heavy atom. The van der Waals surface area contributed by atoms with Crippen LogP contribution < -0.4 is 10.5 Å². The van der Waals surface area contributed by atoms with E-state index in [2.05, 4.69) is 21.8 Å². The first-order chi connectivity index (χ1) is 11.2. The molecule has 1 aliphatic heterocycles. The van der Waals surface area contributed by atoms with Gasteiger partial charge in [-0.25, -0.2) is 4.98 Å². The fraction of sp³-hybridized carbons (Fsp3) is 0.176. The lowest BCUT2D eigenvalue weighted by Gasteiger charge is -2.10. The first-order valence-electron chi connectivity index (χ1n) is 7.10. The average Bonchev–Trinajstić information content (AvgIpc) is 2.94. The van der Waals surface area contributed by atoms with E-state index in [1.165, 1.54) is 0 Å². The van der Waals surface area contributed by atoms with Crippen LogP contribution in [0.2, 0.25) is 0 Å². The largest absolute Gasteiger partial charge is 0.497 e. The molecule has 0 saturated carbocycles. The van der Waals surface area contributed by atoms with Crippen LogP contribution in [0.4, 0.5) is 0 Å². The predicted octanol–water partition coefficient (Wildman–Crippen LogP) is 2.85. The number of amidine groups is 1. The third-order valence-electron chi connectivity index (χ3n) is 3.35. The smallest absolute Gasteiger partial charge is 0.143 e. The van der Waals surface area contributed by atoms with Crippen molar-refractivity contribution in [2.75, 3.05) is 7.11 Å². The molecule has 1 aromatic heterocycles. The zero-order valence-corrected chi connectivity index (χ0v) is 13.5. The molecule has 0 aliphatic carbocycles. The third-order valence-corrected chi connectivity index (χ3v) is 4.33. The molecule has 2 aromatic rings. The van der Waals surface area contributed by atoms with Crippen LogP contribution in [-0.4, -0.2) is 25.8 Å². The SMILES string of the molecule is [B]C1=C(C#C/C=C/c2nc3ccc(OC)cc3s2)CCC(N)=N1. The zero-order valence-electron chi connectivity index (χ0n) is 12.7. The molecular formula is C17H14BN3OS. The molecule has 2 radical (unpaired) electrons. The maximum Gasteiger partial charge on any atom is 0.143 e. The quantitative estimate of drug-likeness (QED) is 0.684. The molecule has 0 fully saturated rings. The number of thiazole rings is 1. The average molecular weight is 319 g/mol. The van der Waals surface area contributed by atoms with Crippen LogP contribution in [0.1, 0.15) is 17.8 Å². The second kappa shape index (κ2) is 6.72. The van der Waals surface area contributed by atoms with Crippen molar-refractivity contribution in [2.45, 2.75) is 12.8 Å². The maximum atomic E-state index is 5.80. The van der Waals surface area contributed by atoms with Crippen LogP contribution in [-0.2, 0) is 0 Å². The number of hydrogen-bond acceptors (Lipinski definition) is 5. The van der Waals surface area contributed by atoms with Gasteiger partial charge < -0.3 is 10.5 Å². The van der Waals surface area contributed by atoms with Gasteiger partial charge >= 0.3 is 0 Å². The standard InChI is InChI=1S/C17H14BN3OS/c1-22-12-7-8-13-14(10-12)23-16(20-13)5-3-2-4-11-6-9-15(19)21-17(11)18/h3,5,7-8,10H,6,9H2,1H3,(H2,19,21)/b5-3+. The van der Waals surface area contributed by atoms with E-state index in [-0.39, 0.29) is 0 Å². The minimum atomic E-state index is 0.418. The number of nitrogens with two attached hydrogens (primary N) is 1. The molecule has 6 heteroatoms. The lowest BCUT2D eigenvalue weighted by atomic mass is 9.93. The Balaban J connectivity index is 1.77. The molecule has 0 bridgehead atoms. The molecule has 0 spiro atoms. The van der Waals surface area contributed by atoms with Crippen LogP contribution in [0.5, 0.6) is 5.75 Å². The van der Waals surface area contributed by atoms with Gasteiger partial charge in [0.15, 0.2) is 0 Å². The highest BCUT2D eigenvalue weighted by Gasteiger charge is 2.07. The van der Waals surface area contributed by atoms with Crippen molar-refractivity contribution in [3.05, 3.63) is 40.5 Å². The summed E-state index contributed by atoms with van der Waals surface area (Å²) >= 11 is 1.59. The highest BCUT2D eigenvalue weighted by atomic mass is 32.1. The van der Waals surface area contributed by atoms with Gasteiger partial charge in [0.25, 0.3) is 0 Å². The lowest BCUT2D eigenvalue weighted by molar-refractivity contribution is 0.415. The number of nitrogens with zero attached hydrogens (tertiary/aromatic N) is 2. The van der Waals surface area contributed by atoms with E-state index < -0.39 is 0 Å². The van der Waals surface area contributed by atoms with Crippen LogP contribution in [0.15, 0.2) is 40.4 Å². The summed E-state index contributed by atoms with van der Waals surface area (Å²) in [7, 11) is 7.46. The molecule has 0 amide bonds. The second-order valence-electron chi connectivity index (χ2n) is 4.96. The van der Waals surface area contributed by atoms with Gasteiger partial charge in [-0.3, -0.25) is 4.99 Å². The van der Waals surface area contributed by atoms with Gasteiger partial charge in [-0.2, -0.15) is 0 Å². The molecule has 3 rings (SSSR count). The van der Waals surface area contributed by atoms with E-state index in [1.807, 2.05) is 24.3 Å². The van der Waals surface area contributed by atoms with Gasteiger partial charge in [-0.1, -0.05) is 11.8 Å². The topological polar surface area (TPSA) is 60.5 Å². The second-order valence-corrected chi connectivity index (χ2v) is 6.02. The Morgan fingerprint density at radius 2 is 2.26 bits per heavy atom. The zero-order chi connectivity index (χ0) is 16.2. The van der Waals surface area contributed by atoms with E-state index in [4.69, 9.17) is 18.3 Å². The molecule has 0 atom stereocenters. The first-order valence-corrected chi connectivity index (χ1v) is 7.91. The molecular weight excluding hydrogens is 305 g/mol. The fourth-order valence-corrected chi connectivity index (χ4v) is 3.05.